The van der Waals surface area contributed by atoms with Gasteiger partial charge in [-0.1, -0.05) is 0 Å². The van der Waals surface area contributed by atoms with Crippen LogP contribution in [0.3, 0.4) is 0 Å². The van der Waals surface area contributed by atoms with Gasteiger partial charge in [0, 0.05) is 5.69 Å². The summed E-state index contributed by atoms with van der Waals surface area (Å²) < 4.78 is 10.8. The van der Waals surface area contributed by atoms with Crippen LogP contribution in [0.1, 0.15) is 30.1 Å². The highest BCUT2D eigenvalue weighted by Gasteiger charge is 2.09. The highest BCUT2D eigenvalue weighted by atomic mass is 16.5. The summed E-state index contributed by atoms with van der Waals surface area (Å²) in [4.78, 5) is 12.3. The first-order valence-corrected chi connectivity index (χ1v) is 8.28. The van der Waals surface area contributed by atoms with E-state index in [2.05, 4.69) is 20.8 Å². The molecule has 0 bridgehead atoms. The molecule has 0 unspecified atom stereocenters. The SMILES string of the molecule is CC(C)Oc1ccc(NC(=O)c2ccc(NCc3ccco3)nn2)cc1. The number of furan rings is 1. The summed E-state index contributed by atoms with van der Waals surface area (Å²) >= 11 is 0. The van der Waals surface area contributed by atoms with Gasteiger partial charge < -0.3 is 19.8 Å². The summed E-state index contributed by atoms with van der Waals surface area (Å²) in [7, 11) is 0. The second-order valence-corrected chi connectivity index (χ2v) is 5.88. The molecule has 0 saturated heterocycles. The van der Waals surface area contributed by atoms with Gasteiger partial charge in [-0.05, 0) is 62.4 Å². The molecule has 0 aliphatic carbocycles. The van der Waals surface area contributed by atoms with E-state index in [1.54, 1.807) is 30.5 Å². The Kier molecular flexibility index (Phi) is 5.48. The normalized spacial score (nSPS) is 10.6. The quantitative estimate of drug-likeness (QED) is 0.674. The molecule has 1 amide bonds. The average Bonchev–Trinajstić information content (AvgIpc) is 3.15. The number of nitrogens with zero attached hydrogens (tertiary/aromatic N) is 2. The third-order valence-corrected chi connectivity index (χ3v) is 3.40. The molecule has 1 aromatic carbocycles. The highest BCUT2D eigenvalue weighted by Crippen LogP contribution is 2.17. The van der Waals surface area contributed by atoms with E-state index < -0.39 is 0 Å². The van der Waals surface area contributed by atoms with Crippen molar-refractivity contribution in [3.8, 4) is 5.75 Å². The van der Waals surface area contributed by atoms with Gasteiger partial charge in [0.05, 0.1) is 18.9 Å². The maximum Gasteiger partial charge on any atom is 0.276 e. The summed E-state index contributed by atoms with van der Waals surface area (Å²) in [6, 6.07) is 14.2. The van der Waals surface area contributed by atoms with Crippen molar-refractivity contribution in [1.29, 1.82) is 0 Å². The van der Waals surface area contributed by atoms with Crippen LogP contribution in [0, 0.1) is 0 Å². The number of ether oxygens (including phenoxy) is 1. The summed E-state index contributed by atoms with van der Waals surface area (Å²) in [6.07, 6.45) is 1.71. The Morgan fingerprint density at radius 3 is 2.54 bits per heavy atom. The monoisotopic (exact) mass is 352 g/mol. The van der Waals surface area contributed by atoms with Crippen LogP contribution in [0.4, 0.5) is 11.5 Å². The van der Waals surface area contributed by atoms with Crippen LogP contribution >= 0.6 is 0 Å². The van der Waals surface area contributed by atoms with Crippen LogP contribution in [0.5, 0.6) is 5.75 Å². The van der Waals surface area contributed by atoms with Crippen molar-refractivity contribution in [2.24, 2.45) is 0 Å². The Bertz CT molecular complexity index is 828. The number of nitrogens with one attached hydrogen (secondary N) is 2. The van der Waals surface area contributed by atoms with E-state index in [0.717, 1.165) is 11.5 Å². The molecule has 0 aliphatic rings. The Morgan fingerprint density at radius 1 is 1.12 bits per heavy atom. The molecule has 2 aromatic heterocycles. The summed E-state index contributed by atoms with van der Waals surface area (Å²) in [6.45, 7) is 4.42. The number of hydrogen-bond acceptors (Lipinski definition) is 6. The molecule has 7 nitrogen and oxygen atoms in total. The molecule has 0 atom stereocenters. The third kappa shape index (κ3) is 4.83. The molecule has 134 valence electrons. The molecule has 0 radical (unpaired) electrons. The summed E-state index contributed by atoms with van der Waals surface area (Å²) in [5.41, 5.74) is 0.893. The van der Waals surface area contributed by atoms with E-state index in [-0.39, 0.29) is 17.7 Å². The molecular formula is C19H20N4O3. The molecule has 0 aliphatic heterocycles. The molecule has 7 heteroatoms. The number of hydrogen-bond donors (Lipinski definition) is 2. The van der Waals surface area contributed by atoms with Crippen molar-refractivity contribution in [3.05, 3.63) is 66.2 Å². The predicted molar refractivity (Wildman–Crippen MR) is 98.2 cm³/mol. The van der Waals surface area contributed by atoms with E-state index in [1.807, 2.05) is 38.1 Å². The van der Waals surface area contributed by atoms with E-state index >= 15 is 0 Å². The maximum absolute atomic E-state index is 12.3. The molecule has 3 rings (SSSR count). The lowest BCUT2D eigenvalue weighted by molar-refractivity contribution is 0.102. The topological polar surface area (TPSA) is 89.3 Å². The number of carbonyl (C=O) groups is 1. The number of amides is 1. The van der Waals surface area contributed by atoms with Gasteiger partial charge in [-0.3, -0.25) is 4.79 Å². The zero-order valence-corrected chi connectivity index (χ0v) is 14.6. The summed E-state index contributed by atoms with van der Waals surface area (Å²) in [5.74, 6) is 1.78. The lowest BCUT2D eigenvalue weighted by Crippen LogP contribution is -2.15. The van der Waals surface area contributed by atoms with E-state index in [0.29, 0.717) is 18.1 Å². The van der Waals surface area contributed by atoms with Gasteiger partial charge in [0.1, 0.15) is 17.3 Å². The van der Waals surface area contributed by atoms with Crippen molar-refractivity contribution in [3.63, 3.8) is 0 Å². The Hall–Kier alpha value is -3.35. The minimum Gasteiger partial charge on any atom is -0.491 e. The molecular weight excluding hydrogens is 332 g/mol. The zero-order chi connectivity index (χ0) is 18.4. The molecule has 26 heavy (non-hydrogen) atoms. The fourth-order valence-corrected chi connectivity index (χ4v) is 2.22. The fraction of sp³-hybridized carbons (Fsp3) is 0.211. The maximum atomic E-state index is 12.3. The van der Waals surface area contributed by atoms with Crippen molar-refractivity contribution >= 4 is 17.4 Å². The summed E-state index contributed by atoms with van der Waals surface area (Å²) in [5, 5.41) is 13.8. The average molecular weight is 352 g/mol. The number of carbonyl (C=O) groups excluding carboxylic acids is 1. The number of anilines is 2. The van der Waals surface area contributed by atoms with Crippen molar-refractivity contribution in [2.45, 2.75) is 26.5 Å². The van der Waals surface area contributed by atoms with E-state index in [4.69, 9.17) is 9.15 Å². The molecule has 2 N–H and O–H groups in total. The molecule has 2 heterocycles. The number of aromatic nitrogens is 2. The van der Waals surface area contributed by atoms with Gasteiger partial charge in [0.25, 0.3) is 5.91 Å². The third-order valence-electron chi connectivity index (χ3n) is 3.40. The van der Waals surface area contributed by atoms with Crippen molar-refractivity contribution in [1.82, 2.24) is 10.2 Å². The van der Waals surface area contributed by atoms with E-state index in [9.17, 15) is 4.79 Å². The van der Waals surface area contributed by atoms with Gasteiger partial charge in [-0.25, -0.2) is 0 Å². The van der Waals surface area contributed by atoms with Crippen LogP contribution in [0.25, 0.3) is 0 Å². The lowest BCUT2D eigenvalue weighted by atomic mass is 10.3. The van der Waals surface area contributed by atoms with E-state index in [1.165, 1.54) is 0 Å². The zero-order valence-electron chi connectivity index (χ0n) is 14.6. The van der Waals surface area contributed by atoms with Crippen molar-refractivity contribution in [2.75, 3.05) is 10.6 Å². The second-order valence-electron chi connectivity index (χ2n) is 5.88. The fourth-order valence-electron chi connectivity index (χ4n) is 2.22. The molecule has 0 fully saturated rings. The Balaban J connectivity index is 1.55. The van der Waals surface area contributed by atoms with Crippen LogP contribution in [0.2, 0.25) is 0 Å². The van der Waals surface area contributed by atoms with Crippen LogP contribution in [-0.2, 0) is 6.54 Å². The number of rotatable bonds is 7. The number of benzene rings is 1. The van der Waals surface area contributed by atoms with Gasteiger partial charge >= 0.3 is 0 Å². The predicted octanol–water partition coefficient (Wildman–Crippen LogP) is 3.72. The van der Waals surface area contributed by atoms with Crippen LogP contribution in [0.15, 0.2) is 59.2 Å². The Labute approximate surface area is 151 Å². The van der Waals surface area contributed by atoms with Gasteiger partial charge in [0.15, 0.2) is 5.69 Å². The molecule has 0 saturated carbocycles. The van der Waals surface area contributed by atoms with Crippen LogP contribution in [-0.4, -0.2) is 22.2 Å². The van der Waals surface area contributed by atoms with Gasteiger partial charge in [-0.15, -0.1) is 10.2 Å². The van der Waals surface area contributed by atoms with Crippen LogP contribution < -0.4 is 15.4 Å². The van der Waals surface area contributed by atoms with Gasteiger partial charge in [0.2, 0.25) is 0 Å². The largest absolute Gasteiger partial charge is 0.491 e. The minimum absolute atomic E-state index is 0.102. The second kappa shape index (κ2) is 8.15. The first kappa shape index (κ1) is 17.5. The Morgan fingerprint density at radius 2 is 1.92 bits per heavy atom. The standard InChI is InChI=1S/C19H20N4O3/c1-13(2)26-15-7-5-14(6-8-15)21-19(24)17-9-10-18(23-22-17)20-12-16-4-3-11-25-16/h3-11,13H,12H2,1-2H3,(H,20,23)(H,21,24). The lowest BCUT2D eigenvalue weighted by Gasteiger charge is -2.10. The highest BCUT2D eigenvalue weighted by molar-refractivity contribution is 6.02. The first-order chi connectivity index (χ1) is 12.6. The van der Waals surface area contributed by atoms with Gasteiger partial charge in [-0.2, -0.15) is 0 Å². The van der Waals surface area contributed by atoms with Crippen molar-refractivity contribution < 1.29 is 13.9 Å². The first-order valence-electron chi connectivity index (χ1n) is 8.28. The smallest absolute Gasteiger partial charge is 0.276 e. The molecule has 3 aromatic rings. The minimum atomic E-state index is -0.326. The molecule has 0 spiro atoms.